The summed E-state index contributed by atoms with van der Waals surface area (Å²) in [7, 11) is 0. The van der Waals surface area contributed by atoms with E-state index in [-0.39, 0.29) is 17.7 Å². The van der Waals surface area contributed by atoms with Crippen molar-refractivity contribution in [3.05, 3.63) is 71.8 Å². The molecule has 28 heavy (non-hydrogen) atoms. The Morgan fingerprint density at radius 1 is 0.786 bits per heavy atom. The van der Waals surface area contributed by atoms with Crippen LogP contribution < -0.4 is 4.74 Å². The van der Waals surface area contributed by atoms with Crippen LogP contribution in [0.2, 0.25) is 0 Å². The minimum Gasteiger partial charge on any atom is -0.406 e. The number of aliphatic hydroxyl groups is 1. The summed E-state index contributed by atoms with van der Waals surface area (Å²) < 4.78 is 108. The van der Waals surface area contributed by atoms with Gasteiger partial charge in [-0.2, -0.15) is 22.0 Å². The lowest BCUT2D eigenvalue weighted by atomic mass is 9.85. The van der Waals surface area contributed by atoms with Crippen molar-refractivity contribution in [3.63, 3.8) is 0 Å². The maximum Gasteiger partial charge on any atom is 0.573 e. The van der Waals surface area contributed by atoms with Crippen LogP contribution in [0, 0.1) is 0 Å². The molecule has 0 spiro atoms. The summed E-state index contributed by atoms with van der Waals surface area (Å²) in [5.41, 5.74) is -4.95. The molecule has 1 atom stereocenters. The van der Waals surface area contributed by atoms with E-state index < -0.39 is 35.4 Å². The molecule has 2 aromatic carbocycles. The van der Waals surface area contributed by atoms with Crippen molar-refractivity contribution in [1.82, 2.24) is 0 Å². The number of alkyl halides is 8. The van der Waals surface area contributed by atoms with Gasteiger partial charge >= 0.3 is 18.5 Å². The SMILES string of the molecule is OC(/C=C/c1ccccc1)(c1cccc(OC(F)(F)F)c1)C(F)(F)C(F)(F)F. The van der Waals surface area contributed by atoms with Gasteiger partial charge < -0.3 is 9.84 Å². The number of ether oxygens (including phenoxy) is 1. The Kier molecular flexibility index (Phi) is 5.74. The molecule has 10 heteroatoms. The lowest BCUT2D eigenvalue weighted by molar-refractivity contribution is -0.334. The van der Waals surface area contributed by atoms with Crippen molar-refractivity contribution in [2.24, 2.45) is 0 Å². The molecule has 1 unspecified atom stereocenters. The largest absolute Gasteiger partial charge is 0.573 e. The molecule has 1 N–H and O–H groups in total. The van der Waals surface area contributed by atoms with Crippen LogP contribution in [-0.4, -0.2) is 23.6 Å². The van der Waals surface area contributed by atoms with E-state index in [0.29, 0.717) is 12.1 Å². The zero-order valence-corrected chi connectivity index (χ0v) is 13.7. The van der Waals surface area contributed by atoms with Crippen LogP contribution in [0.15, 0.2) is 60.7 Å². The van der Waals surface area contributed by atoms with Gasteiger partial charge in [-0.3, -0.25) is 0 Å². The van der Waals surface area contributed by atoms with Crippen LogP contribution in [-0.2, 0) is 5.60 Å². The lowest BCUT2D eigenvalue weighted by Crippen LogP contribution is -2.53. The van der Waals surface area contributed by atoms with Crippen molar-refractivity contribution in [2.45, 2.75) is 24.1 Å². The highest BCUT2D eigenvalue weighted by Gasteiger charge is 2.69. The maximum absolute atomic E-state index is 14.1. The van der Waals surface area contributed by atoms with Gasteiger partial charge in [0.15, 0.2) is 5.60 Å². The van der Waals surface area contributed by atoms with E-state index >= 15 is 0 Å². The molecule has 0 aromatic heterocycles. The Balaban J connectivity index is 2.59. The van der Waals surface area contributed by atoms with Gasteiger partial charge in [0.2, 0.25) is 0 Å². The number of hydrogen-bond acceptors (Lipinski definition) is 2. The van der Waals surface area contributed by atoms with E-state index in [1.165, 1.54) is 24.3 Å². The number of benzene rings is 2. The summed E-state index contributed by atoms with van der Waals surface area (Å²) in [4.78, 5) is 0. The maximum atomic E-state index is 14.1. The Bertz CT molecular complexity index is 827. The normalized spacial score (nSPS) is 15.5. The fourth-order valence-electron chi connectivity index (χ4n) is 2.31. The van der Waals surface area contributed by atoms with Crippen LogP contribution in [0.5, 0.6) is 5.75 Å². The molecule has 0 saturated carbocycles. The minimum atomic E-state index is -6.19. The van der Waals surface area contributed by atoms with Gasteiger partial charge in [0.1, 0.15) is 5.75 Å². The van der Waals surface area contributed by atoms with Crippen molar-refractivity contribution in [3.8, 4) is 5.75 Å². The van der Waals surface area contributed by atoms with Crippen LogP contribution in [0.1, 0.15) is 11.1 Å². The van der Waals surface area contributed by atoms with E-state index in [9.17, 15) is 40.2 Å². The van der Waals surface area contributed by atoms with Gasteiger partial charge in [-0.05, 0) is 29.3 Å². The third-order valence-corrected chi connectivity index (χ3v) is 3.66. The smallest absolute Gasteiger partial charge is 0.406 e. The zero-order chi connectivity index (χ0) is 21.2. The molecule has 0 amide bonds. The summed E-state index contributed by atoms with van der Waals surface area (Å²) >= 11 is 0. The van der Waals surface area contributed by atoms with E-state index in [4.69, 9.17) is 0 Å². The number of rotatable bonds is 5. The molecular weight excluding hydrogens is 400 g/mol. The first-order valence-electron chi connectivity index (χ1n) is 7.54. The summed E-state index contributed by atoms with van der Waals surface area (Å²) in [5.74, 6) is -6.78. The average Bonchev–Trinajstić information content (AvgIpc) is 2.58. The second-order valence-corrected chi connectivity index (χ2v) is 5.66. The highest BCUT2D eigenvalue weighted by molar-refractivity contribution is 5.53. The fraction of sp³-hybridized carbons (Fsp3) is 0.222. The van der Waals surface area contributed by atoms with Crippen LogP contribution in [0.3, 0.4) is 0 Å². The molecule has 2 rings (SSSR count). The topological polar surface area (TPSA) is 29.5 Å². The number of halogens is 8. The Labute approximate surface area is 153 Å². The monoisotopic (exact) mass is 412 g/mol. The van der Waals surface area contributed by atoms with Gasteiger partial charge in [0.25, 0.3) is 0 Å². The highest BCUT2D eigenvalue weighted by atomic mass is 19.4. The molecule has 0 saturated heterocycles. The summed E-state index contributed by atoms with van der Waals surface area (Å²) in [5, 5.41) is 10.3. The first kappa shape index (κ1) is 21.7. The Morgan fingerprint density at radius 3 is 1.93 bits per heavy atom. The summed E-state index contributed by atoms with van der Waals surface area (Å²) in [6, 6.07) is 9.59. The van der Waals surface area contributed by atoms with Gasteiger partial charge in [0, 0.05) is 0 Å². The predicted octanol–water partition coefficient (Wildman–Crippen LogP) is 5.68. The van der Waals surface area contributed by atoms with Gasteiger partial charge in [-0.1, -0.05) is 48.5 Å². The molecule has 2 nitrogen and oxygen atoms in total. The fourth-order valence-corrected chi connectivity index (χ4v) is 2.31. The third-order valence-electron chi connectivity index (χ3n) is 3.66. The second kappa shape index (κ2) is 7.42. The van der Waals surface area contributed by atoms with Crippen LogP contribution >= 0.6 is 0 Å². The minimum absolute atomic E-state index is 0.182. The first-order chi connectivity index (χ1) is 12.8. The van der Waals surface area contributed by atoms with Crippen molar-refractivity contribution in [2.75, 3.05) is 0 Å². The van der Waals surface area contributed by atoms with Crippen molar-refractivity contribution >= 4 is 6.08 Å². The van der Waals surface area contributed by atoms with E-state index in [2.05, 4.69) is 4.74 Å². The van der Waals surface area contributed by atoms with Crippen LogP contribution in [0.25, 0.3) is 6.08 Å². The summed E-state index contributed by atoms with van der Waals surface area (Å²) in [6.07, 6.45) is -10.4. The second-order valence-electron chi connectivity index (χ2n) is 5.66. The third kappa shape index (κ3) is 4.61. The molecule has 152 valence electrons. The molecule has 0 fully saturated rings. The summed E-state index contributed by atoms with van der Waals surface area (Å²) in [6.45, 7) is 0. The van der Waals surface area contributed by atoms with Crippen molar-refractivity contribution in [1.29, 1.82) is 0 Å². The highest BCUT2D eigenvalue weighted by Crippen LogP contribution is 2.50. The molecule has 0 aliphatic carbocycles. The standard InChI is InChI=1S/C18H12F8O2/c19-16(20,17(21,22)23)15(27,10-9-12-5-2-1-3-6-12)13-7-4-8-14(11-13)28-18(24,25)26/h1-11,27H/b10-9+. The van der Waals surface area contributed by atoms with Crippen molar-refractivity contribution < 1.29 is 45.0 Å². The van der Waals surface area contributed by atoms with E-state index in [1.54, 1.807) is 6.07 Å². The Morgan fingerprint density at radius 2 is 1.39 bits per heavy atom. The lowest BCUT2D eigenvalue weighted by Gasteiger charge is -2.35. The molecule has 2 aromatic rings. The quantitative estimate of drug-likeness (QED) is 0.640. The van der Waals surface area contributed by atoms with Gasteiger partial charge in [0.05, 0.1) is 0 Å². The first-order valence-corrected chi connectivity index (χ1v) is 7.54. The predicted molar refractivity (Wildman–Crippen MR) is 83.5 cm³/mol. The molecular formula is C18H12F8O2. The van der Waals surface area contributed by atoms with E-state index in [0.717, 1.165) is 12.1 Å². The average molecular weight is 412 g/mol. The van der Waals surface area contributed by atoms with E-state index in [1.807, 2.05) is 0 Å². The zero-order valence-electron chi connectivity index (χ0n) is 13.7. The Hall–Kier alpha value is -2.62. The molecule has 0 aliphatic heterocycles. The van der Waals surface area contributed by atoms with Gasteiger partial charge in [-0.15, -0.1) is 13.2 Å². The van der Waals surface area contributed by atoms with Gasteiger partial charge in [-0.25, -0.2) is 0 Å². The molecule has 0 bridgehead atoms. The number of hydrogen-bond donors (Lipinski definition) is 1. The molecule has 0 heterocycles. The molecule has 0 radical (unpaired) electrons. The van der Waals surface area contributed by atoms with Crippen LogP contribution in [0.4, 0.5) is 35.1 Å². The molecule has 0 aliphatic rings.